The number of carbonyl (C=O) groups excluding carboxylic acids is 1. The third-order valence-electron chi connectivity index (χ3n) is 3.01. The van der Waals surface area contributed by atoms with Crippen molar-refractivity contribution < 1.29 is 4.79 Å². The maximum atomic E-state index is 10.1. The molecule has 0 bridgehead atoms. The van der Waals surface area contributed by atoms with E-state index in [-0.39, 0.29) is 0 Å². The van der Waals surface area contributed by atoms with Crippen molar-refractivity contribution >= 4 is 6.08 Å². The zero-order valence-corrected chi connectivity index (χ0v) is 9.70. The van der Waals surface area contributed by atoms with Gasteiger partial charge in [0.05, 0.1) is 0 Å². The summed E-state index contributed by atoms with van der Waals surface area (Å²) in [7, 11) is 0. The summed E-state index contributed by atoms with van der Waals surface area (Å²) in [5.41, 5.74) is 0.667. The minimum absolute atomic E-state index is 0.603. The molecule has 1 atom stereocenters. The van der Waals surface area contributed by atoms with Gasteiger partial charge < -0.3 is 4.90 Å². The maximum absolute atomic E-state index is 10.1. The monoisotopic (exact) mass is 208 g/mol. The van der Waals surface area contributed by atoms with E-state index in [1.54, 1.807) is 6.08 Å². The van der Waals surface area contributed by atoms with Gasteiger partial charge in [-0.25, -0.2) is 4.79 Å². The second-order valence-electron chi connectivity index (χ2n) is 4.57. The average molecular weight is 208 g/mol. The molecular weight excluding hydrogens is 188 g/mol. The van der Waals surface area contributed by atoms with Gasteiger partial charge in [-0.1, -0.05) is 6.58 Å². The molecule has 0 spiro atoms. The fraction of sp³-hybridized carbons (Fsp3) is 0.750. The molecular formula is C12H20N2O. The van der Waals surface area contributed by atoms with Crippen LogP contribution in [0, 0.1) is 5.92 Å². The van der Waals surface area contributed by atoms with Gasteiger partial charge in [0.2, 0.25) is 6.08 Å². The van der Waals surface area contributed by atoms with Crippen LogP contribution in [-0.2, 0) is 4.79 Å². The predicted octanol–water partition coefficient (Wildman–Crippen LogP) is 2.35. The van der Waals surface area contributed by atoms with Crippen molar-refractivity contribution in [2.24, 2.45) is 10.9 Å². The Morgan fingerprint density at radius 1 is 1.67 bits per heavy atom. The summed E-state index contributed by atoms with van der Waals surface area (Å²) >= 11 is 0. The second kappa shape index (κ2) is 5.84. The summed E-state index contributed by atoms with van der Waals surface area (Å²) in [6.07, 6.45) is 4.84. The molecule has 3 heteroatoms. The van der Waals surface area contributed by atoms with E-state index in [9.17, 15) is 4.79 Å². The molecule has 0 saturated carbocycles. The van der Waals surface area contributed by atoms with E-state index in [0.717, 1.165) is 13.0 Å². The van der Waals surface area contributed by atoms with E-state index in [1.807, 2.05) is 0 Å². The van der Waals surface area contributed by atoms with E-state index >= 15 is 0 Å². The molecule has 0 aromatic rings. The summed E-state index contributed by atoms with van der Waals surface area (Å²) in [6, 6.07) is 0.607. The van der Waals surface area contributed by atoms with Crippen LogP contribution in [0.4, 0.5) is 0 Å². The summed E-state index contributed by atoms with van der Waals surface area (Å²) < 4.78 is 0. The zero-order valence-electron chi connectivity index (χ0n) is 9.70. The van der Waals surface area contributed by atoms with Crippen LogP contribution in [-0.4, -0.2) is 30.1 Å². The van der Waals surface area contributed by atoms with E-state index in [1.165, 1.54) is 19.4 Å². The summed E-state index contributed by atoms with van der Waals surface area (Å²) in [6.45, 7) is 10.5. The molecule has 1 saturated heterocycles. The molecule has 1 rings (SSSR count). The quantitative estimate of drug-likeness (QED) is 0.525. The molecule has 1 heterocycles. The van der Waals surface area contributed by atoms with Crippen LogP contribution in [0.1, 0.15) is 33.1 Å². The number of hydrogen-bond donors (Lipinski definition) is 0. The SMILES string of the molecule is C=C(CC1CCCN(C(C)C)C1)N=C=O. The number of piperidine rings is 1. The molecule has 1 aliphatic heterocycles. The molecule has 0 N–H and O–H groups in total. The molecule has 84 valence electrons. The Bertz CT molecular complexity index is 267. The van der Waals surface area contributed by atoms with Crippen molar-refractivity contribution in [3.63, 3.8) is 0 Å². The topological polar surface area (TPSA) is 32.7 Å². The molecule has 0 radical (unpaired) electrons. The predicted molar refractivity (Wildman–Crippen MR) is 61.3 cm³/mol. The van der Waals surface area contributed by atoms with Gasteiger partial charge in [-0.3, -0.25) is 0 Å². The van der Waals surface area contributed by atoms with Crippen molar-refractivity contribution in [3.8, 4) is 0 Å². The van der Waals surface area contributed by atoms with Crippen molar-refractivity contribution in [3.05, 3.63) is 12.3 Å². The minimum Gasteiger partial charge on any atom is -0.301 e. The molecule has 3 nitrogen and oxygen atoms in total. The molecule has 1 unspecified atom stereocenters. The third kappa shape index (κ3) is 3.98. The van der Waals surface area contributed by atoms with Crippen LogP contribution in [0.25, 0.3) is 0 Å². The number of aliphatic imine (C=N–C) groups is 1. The largest absolute Gasteiger partial charge is 0.301 e. The Labute approximate surface area is 91.9 Å². The fourth-order valence-corrected chi connectivity index (χ4v) is 2.18. The van der Waals surface area contributed by atoms with Gasteiger partial charge in [0.1, 0.15) is 0 Å². The number of allylic oxidation sites excluding steroid dienone is 1. The van der Waals surface area contributed by atoms with Crippen LogP contribution >= 0.6 is 0 Å². The maximum Gasteiger partial charge on any atom is 0.240 e. The van der Waals surface area contributed by atoms with Gasteiger partial charge in [0.25, 0.3) is 0 Å². The molecule has 15 heavy (non-hydrogen) atoms. The van der Waals surface area contributed by atoms with Crippen LogP contribution in [0.5, 0.6) is 0 Å². The van der Waals surface area contributed by atoms with Crippen LogP contribution < -0.4 is 0 Å². The van der Waals surface area contributed by atoms with E-state index < -0.39 is 0 Å². The van der Waals surface area contributed by atoms with Gasteiger partial charge in [-0.05, 0) is 45.6 Å². The normalized spacial score (nSPS) is 22.5. The molecule has 0 aliphatic carbocycles. The minimum atomic E-state index is 0.603. The number of likely N-dealkylation sites (tertiary alicyclic amines) is 1. The van der Waals surface area contributed by atoms with Crippen LogP contribution in [0.3, 0.4) is 0 Å². The summed E-state index contributed by atoms with van der Waals surface area (Å²) in [5, 5.41) is 0. The molecule has 0 aromatic heterocycles. The lowest BCUT2D eigenvalue weighted by atomic mass is 9.93. The Morgan fingerprint density at radius 3 is 3.00 bits per heavy atom. The van der Waals surface area contributed by atoms with Crippen molar-refractivity contribution in [1.29, 1.82) is 0 Å². The van der Waals surface area contributed by atoms with Gasteiger partial charge in [-0.2, -0.15) is 4.99 Å². The Kier molecular flexibility index (Phi) is 4.73. The highest BCUT2D eigenvalue weighted by molar-refractivity contribution is 5.36. The standard InChI is InChI=1S/C12H20N2O/c1-10(2)14-6-4-5-12(8-14)7-11(3)13-9-15/h10,12H,3-8H2,1-2H3. The van der Waals surface area contributed by atoms with Crippen molar-refractivity contribution in [2.75, 3.05) is 13.1 Å². The lowest BCUT2D eigenvalue weighted by Crippen LogP contribution is -2.39. The highest BCUT2D eigenvalue weighted by atomic mass is 16.1. The first kappa shape index (κ1) is 12.2. The fourth-order valence-electron chi connectivity index (χ4n) is 2.18. The third-order valence-corrected chi connectivity index (χ3v) is 3.01. The first-order chi connectivity index (χ1) is 7.13. The van der Waals surface area contributed by atoms with E-state index in [4.69, 9.17) is 0 Å². The molecule has 1 aliphatic rings. The number of nitrogens with zero attached hydrogens (tertiary/aromatic N) is 2. The Morgan fingerprint density at radius 2 is 2.40 bits per heavy atom. The number of rotatable bonds is 4. The van der Waals surface area contributed by atoms with E-state index in [0.29, 0.717) is 17.7 Å². The van der Waals surface area contributed by atoms with Crippen molar-refractivity contribution in [2.45, 2.75) is 39.2 Å². The Balaban J connectivity index is 2.42. The lowest BCUT2D eigenvalue weighted by Gasteiger charge is -2.35. The molecule has 0 amide bonds. The molecule has 0 aromatic carbocycles. The zero-order chi connectivity index (χ0) is 11.3. The van der Waals surface area contributed by atoms with Crippen LogP contribution in [0.2, 0.25) is 0 Å². The summed E-state index contributed by atoms with van der Waals surface area (Å²) in [5.74, 6) is 0.603. The van der Waals surface area contributed by atoms with Gasteiger partial charge in [-0.15, -0.1) is 0 Å². The highest BCUT2D eigenvalue weighted by Crippen LogP contribution is 2.23. The van der Waals surface area contributed by atoms with Crippen molar-refractivity contribution in [1.82, 2.24) is 4.90 Å². The van der Waals surface area contributed by atoms with E-state index in [2.05, 4.69) is 30.3 Å². The summed E-state index contributed by atoms with van der Waals surface area (Å²) in [4.78, 5) is 16.1. The first-order valence-electron chi connectivity index (χ1n) is 5.63. The van der Waals surface area contributed by atoms with Gasteiger partial charge >= 0.3 is 0 Å². The highest BCUT2D eigenvalue weighted by Gasteiger charge is 2.21. The smallest absolute Gasteiger partial charge is 0.240 e. The van der Waals surface area contributed by atoms with Gasteiger partial charge in [0.15, 0.2) is 0 Å². The number of isocyanates is 1. The first-order valence-corrected chi connectivity index (χ1v) is 5.63. The lowest BCUT2D eigenvalue weighted by molar-refractivity contribution is 0.139. The van der Waals surface area contributed by atoms with Gasteiger partial charge in [0, 0.05) is 18.3 Å². The Hall–Kier alpha value is -0.920. The average Bonchev–Trinajstić information content (AvgIpc) is 2.18. The van der Waals surface area contributed by atoms with Crippen LogP contribution in [0.15, 0.2) is 17.3 Å². The molecule has 1 fully saturated rings. The second-order valence-corrected chi connectivity index (χ2v) is 4.57. The number of hydrogen-bond acceptors (Lipinski definition) is 3.